The maximum absolute atomic E-state index is 5.66. The van der Waals surface area contributed by atoms with E-state index in [4.69, 9.17) is 9.47 Å². The molecule has 1 heterocycles. The fourth-order valence-electron chi connectivity index (χ4n) is 3.02. The zero-order valence-corrected chi connectivity index (χ0v) is 12.5. The van der Waals surface area contributed by atoms with Gasteiger partial charge in [0, 0.05) is 24.8 Å². The minimum absolute atomic E-state index is 0.346. The van der Waals surface area contributed by atoms with Crippen molar-refractivity contribution in [3.63, 3.8) is 0 Å². The molecule has 1 unspecified atom stereocenters. The Hall–Kier alpha value is -1.06. The van der Waals surface area contributed by atoms with Crippen molar-refractivity contribution < 1.29 is 9.47 Å². The van der Waals surface area contributed by atoms with Gasteiger partial charge in [0.2, 0.25) is 0 Å². The van der Waals surface area contributed by atoms with Gasteiger partial charge in [0.15, 0.2) is 0 Å². The lowest BCUT2D eigenvalue weighted by Gasteiger charge is -2.31. The molecule has 1 aromatic carbocycles. The van der Waals surface area contributed by atoms with Gasteiger partial charge in [-0.2, -0.15) is 0 Å². The quantitative estimate of drug-likeness (QED) is 0.906. The lowest BCUT2D eigenvalue weighted by molar-refractivity contribution is 0.0543. The molecule has 3 nitrogen and oxygen atoms in total. The zero-order chi connectivity index (χ0) is 13.8. The Morgan fingerprint density at radius 3 is 2.53 bits per heavy atom. The van der Waals surface area contributed by atoms with Crippen LogP contribution < -0.4 is 10.1 Å². The van der Waals surface area contributed by atoms with Gasteiger partial charge in [0.05, 0.1) is 7.11 Å². The molecule has 0 aromatic heterocycles. The van der Waals surface area contributed by atoms with E-state index in [0.717, 1.165) is 31.8 Å². The maximum Gasteiger partial charge on any atom is 0.126 e. The Bertz CT molecular complexity index is 425. The SMILES string of the molecule is CNC(c1ccc(C)c(C)c1OC)C1CCOCC1. The van der Waals surface area contributed by atoms with Crippen LogP contribution in [0.2, 0.25) is 0 Å². The van der Waals surface area contributed by atoms with E-state index in [-0.39, 0.29) is 0 Å². The van der Waals surface area contributed by atoms with Crippen molar-refractivity contribution in [1.29, 1.82) is 0 Å². The zero-order valence-electron chi connectivity index (χ0n) is 12.5. The van der Waals surface area contributed by atoms with Gasteiger partial charge in [-0.25, -0.2) is 0 Å². The van der Waals surface area contributed by atoms with E-state index in [1.54, 1.807) is 7.11 Å². The normalized spacial score (nSPS) is 18.3. The van der Waals surface area contributed by atoms with Gasteiger partial charge in [-0.3, -0.25) is 0 Å². The molecule has 0 radical (unpaired) electrons. The third-order valence-corrected chi connectivity index (χ3v) is 4.29. The van der Waals surface area contributed by atoms with Crippen molar-refractivity contribution >= 4 is 0 Å². The van der Waals surface area contributed by atoms with Crippen LogP contribution in [0.3, 0.4) is 0 Å². The predicted molar refractivity (Wildman–Crippen MR) is 77.8 cm³/mol. The standard InChI is InChI=1S/C16H25NO2/c1-11-5-6-14(16(18-4)12(11)2)15(17-3)13-7-9-19-10-8-13/h5-6,13,15,17H,7-10H2,1-4H3. The Balaban J connectivity index is 2.34. The topological polar surface area (TPSA) is 30.5 Å². The first kappa shape index (κ1) is 14.4. The summed E-state index contributed by atoms with van der Waals surface area (Å²) in [6.45, 7) is 6.00. The molecule has 0 bridgehead atoms. The Morgan fingerprint density at radius 2 is 1.95 bits per heavy atom. The van der Waals surface area contributed by atoms with E-state index >= 15 is 0 Å². The highest BCUT2D eigenvalue weighted by Crippen LogP contribution is 2.37. The fourth-order valence-corrected chi connectivity index (χ4v) is 3.02. The van der Waals surface area contributed by atoms with Crippen molar-refractivity contribution in [2.75, 3.05) is 27.4 Å². The van der Waals surface area contributed by atoms with E-state index in [1.807, 2.05) is 7.05 Å². The first-order valence-corrected chi connectivity index (χ1v) is 7.08. The summed E-state index contributed by atoms with van der Waals surface area (Å²) >= 11 is 0. The van der Waals surface area contributed by atoms with Crippen molar-refractivity contribution in [3.8, 4) is 5.75 Å². The first-order valence-electron chi connectivity index (χ1n) is 7.08. The van der Waals surface area contributed by atoms with E-state index in [2.05, 4.69) is 31.3 Å². The first-order chi connectivity index (χ1) is 9.19. The fraction of sp³-hybridized carbons (Fsp3) is 0.625. The molecule has 0 amide bonds. The molecule has 1 saturated heterocycles. The lowest BCUT2D eigenvalue weighted by atomic mass is 9.85. The molecule has 1 fully saturated rings. The number of rotatable bonds is 4. The lowest BCUT2D eigenvalue weighted by Crippen LogP contribution is -2.30. The summed E-state index contributed by atoms with van der Waals surface area (Å²) in [5.74, 6) is 1.65. The van der Waals surface area contributed by atoms with Crippen LogP contribution >= 0.6 is 0 Å². The van der Waals surface area contributed by atoms with Gasteiger partial charge in [-0.1, -0.05) is 12.1 Å². The van der Waals surface area contributed by atoms with E-state index in [1.165, 1.54) is 16.7 Å². The van der Waals surface area contributed by atoms with Gasteiger partial charge >= 0.3 is 0 Å². The van der Waals surface area contributed by atoms with Crippen LogP contribution in [0.5, 0.6) is 5.75 Å². The molecule has 106 valence electrons. The number of hydrogen-bond donors (Lipinski definition) is 1. The summed E-state index contributed by atoms with van der Waals surface area (Å²) in [4.78, 5) is 0. The minimum Gasteiger partial charge on any atom is -0.496 e. The number of benzene rings is 1. The summed E-state index contributed by atoms with van der Waals surface area (Å²) in [5.41, 5.74) is 3.80. The van der Waals surface area contributed by atoms with Crippen LogP contribution in [0.15, 0.2) is 12.1 Å². The van der Waals surface area contributed by atoms with Gasteiger partial charge in [0.1, 0.15) is 5.75 Å². The smallest absolute Gasteiger partial charge is 0.126 e. The van der Waals surface area contributed by atoms with Crippen LogP contribution in [0.4, 0.5) is 0 Å². The minimum atomic E-state index is 0.346. The molecule has 0 saturated carbocycles. The summed E-state index contributed by atoms with van der Waals surface area (Å²) in [6, 6.07) is 4.74. The number of ether oxygens (including phenoxy) is 2. The molecule has 1 N–H and O–H groups in total. The van der Waals surface area contributed by atoms with E-state index in [0.29, 0.717) is 12.0 Å². The Kier molecular flexibility index (Phi) is 4.83. The highest BCUT2D eigenvalue weighted by atomic mass is 16.5. The van der Waals surface area contributed by atoms with Gasteiger partial charge in [0.25, 0.3) is 0 Å². The van der Waals surface area contributed by atoms with Gasteiger partial charge in [-0.15, -0.1) is 0 Å². The number of nitrogens with one attached hydrogen (secondary N) is 1. The monoisotopic (exact) mass is 263 g/mol. The highest BCUT2D eigenvalue weighted by molar-refractivity contribution is 5.47. The molecular weight excluding hydrogens is 238 g/mol. The Labute approximate surface area is 116 Å². The molecule has 2 rings (SSSR count). The predicted octanol–water partition coefficient (Wildman–Crippen LogP) is 3.00. The van der Waals surface area contributed by atoms with E-state index < -0.39 is 0 Å². The summed E-state index contributed by atoms with van der Waals surface area (Å²) < 4.78 is 11.1. The average molecular weight is 263 g/mol. The molecule has 0 spiro atoms. The molecule has 1 aliphatic rings. The third kappa shape index (κ3) is 2.93. The average Bonchev–Trinajstić information content (AvgIpc) is 2.45. The van der Waals surface area contributed by atoms with Crippen LogP contribution in [0.25, 0.3) is 0 Å². The molecule has 19 heavy (non-hydrogen) atoms. The number of methoxy groups -OCH3 is 1. The summed E-state index contributed by atoms with van der Waals surface area (Å²) in [7, 11) is 3.80. The molecular formula is C16H25NO2. The number of aryl methyl sites for hydroxylation is 1. The van der Waals surface area contributed by atoms with Gasteiger partial charge < -0.3 is 14.8 Å². The highest BCUT2D eigenvalue weighted by Gasteiger charge is 2.27. The second-order valence-corrected chi connectivity index (χ2v) is 5.35. The maximum atomic E-state index is 5.66. The molecule has 1 aliphatic heterocycles. The van der Waals surface area contributed by atoms with Crippen LogP contribution in [-0.2, 0) is 4.74 Å². The van der Waals surface area contributed by atoms with Crippen LogP contribution in [-0.4, -0.2) is 27.4 Å². The largest absolute Gasteiger partial charge is 0.496 e. The molecule has 1 aromatic rings. The molecule has 3 heteroatoms. The summed E-state index contributed by atoms with van der Waals surface area (Å²) in [5, 5.41) is 3.47. The second-order valence-electron chi connectivity index (χ2n) is 5.35. The third-order valence-electron chi connectivity index (χ3n) is 4.29. The van der Waals surface area contributed by atoms with Crippen molar-refractivity contribution in [3.05, 3.63) is 28.8 Å². The van der Waals surface area contributed by atoms with Crippen molar-refractivity contribution in [2.45, 2.75) is 32.7 Å². The second kappa shape index (κ2) is 6.40. The van der Waals surface area contributed by atoms with Crippen LogP contribution in [0, 0.1) is 19.8 Å². The van der Waals surface area contributed by atoms with Crippen molar-refractivity contribution in [2.24, 2.45) is 5.92 Å². The van der Waals surface area contributed by atoms with Crippen LogP contribution in [0.1, 0.15) is 35.6 Å². The Morgan fingerprint density at radius 1 is 1.26 bits per heavy atom. The van der Waals surface area contributed by atoms with Crippen molar-refractivity contribution in [1.82, 2.24) is 5.32 Å². The molecule has 0 aliphatic carbocycles. The van der Waals surface area contributed by atoms with Gasteiger partial charge in [-0.05, 0) is 50.8 Å². The summed E-state index contributed by atoms with van der Waals surface area (Å²) in [6.07, 6.45) is 2.23. The molecule has 1 atom stereocenters. The van der Waals surface area contributed by atoms with E-state index in [9.17, 15) is 0 Å². The number of hydrogen-bond acceptors (Lipinski definition) is 3.